The van der Waals surface area contributed by atoms with E-state index >= 15 is 0 Å². The molecule has 2 aliphatic carbocycles. The van der Waals surface area contributed by atoms with Crippen LogP contribution in [0.2, 0.25) is 0 Å². The molecule has 0 fully saturated rings. The minimum absolute atomic E-state index is 0.347. The third-order valence-electron chi connectivity index (χ3n) is 14.1. The van der Waals surface area contributed by atoms with Gasteiger partial charge in [0.25, 0.3) is 0 Å². The molecule has 0 atom stereocenters. The highest BCUT2D eigenvalue weighted by Gasteiger charge is 2.46. The topological polar surface area (TPSA) is 3.24 Å². The Morgan fingerprint density at radius 3 is 1.82 bits per heavy atom. The van der Waals surface area contributed by atoms with E-state index in [1.807, 2.05) is 127 Å². The zero-order valence-corrected chi connectivity index (χ0v) is 37.5. The molecule has 0 radical (unpaired) electrons. The summed E-state index contributed by atoms with van der Waals surface area (Å²) in [5.74, 6) is 0. The fourth-order valence-electron chi connectivity index (χ4n) is 11.1. The van der Waals surface area contributed by atoms with Crippen LogP contribution in [0.3, 0.4) is 0 Å². The summed E-state index contributed by atoms with van der Waals surface area (Å²) in [5, 5.41) is 1.47. The van der Waals surface area contributed by atoms with Crippen LogP contribution in [0.1, 0.15) is 78.6 Å². The molecular formula is C70H49N. The molecular weight excluding hydrogens is 855 g/mol. The van der Waals surface area contributed by atoms with Crippen LogP contribution in [0.25, 0.3) is 76.8 Å². The number of hydrogen-bond donors (Lipinski definition) is 0. The zero-order chi connectivity index (χ0) is 67.1. The van der Waals surface area contributed by atoms with Crippen molar-refractivity contribution < 1.29 is 31.5 Å². The summed E-state index contributed by atoms with van der Waals surface area (Å²) < 4.78 is 218. The summed E-state index contributed by atoms with van der Waals surface area (Å²) in [6.07, 6.45) is 0. The lowest BCUT2D eigenvalue weighted by molar-refractivity contribution is 0.660. The largest absolute Gasteiger partial charge is 0.310 e. The van der Waals surface area contributed by atoms with Gasteiger partial charge in [-0.15, -0.1) is 0 Å². The smallest absolute Gasteiger partial charge is 0.0714 e. The van der Waals surface area contributed by atoms with E-state index in [4.69, 9.17) is 13.7 Å². The van der Waals surface area contributed by atoms with E-state index in [0.29, 0.717) is 16.8 Å². The molecule has 0 unspecified atom stereocenters. The van der Waals surface area contributed by atoms with Gasteiger partial charge in [0.15, 0.2) is 0 Å². The molecule has 71 heavy (non-hydrogen) atoms. The molecule has 12 aromatic carbocycles. The Morgan fingerprint density at radius 1 is 0.366 bits per heavy atom. The monoisotopic (exact) mass is 927 g/mol. The Kier molecular flexibility index (Phi) is 5.41. The average Bonchev–Trinajstić information content (AvgIpc) is 1.47. The van der Waals surface area contributed by atoms with Gasteiger partial charge in [-0.1, -0.05) is 244 Å². The van der Waals surface area contributed by atoms with Gasteiger partial charge in [-0.2, -0.15) is 0 Å². The van der Waals surface area contributed by atoms with Gasteiger partial charge in [-0.3, -0.25) is 0 Å². The number of benzene rings is 12. The van der Waals surface area contributed by atoms with E-state index in [0.717, 1.165) is 49.5 Å². The van der Waals surface area contributed by atoms with E-state index in [9.17, 15) is 17.8 Å². The van der Waals surface area contributed by atoms with Crippen LogP contribution in [-0.2, 0) is 10.8 Å². The van der Waals surface area contributed by atoms with E-state index in [2.05, 4.69) is 30.3 Å². The average molecular weight is 927 g/mol. The van der Waals surface area contributed by atoms with Crippen LogP contribution >= 0.6 is 0 Å². The maximum absolute atomic E-state index is 10.5. The second-order valence-electron chi connectivity index (χ2n) is 17.7. The standard InChI is InChI=1S/C70H49N/c1-69(2)62-33-17-16-31-60(62)68-61(32-19-35-64(68)69)67-54-27-12-9-20-46(54)38-42-55(67)47-36-39-51(40-37-47)71(66-44-48-21-10-11-26-53(48)56-28-13-14-30-59(56)66)52-41-43-58-57-29-15-18-34-63(57)70(65(58)45-52,49-22-5-3-6-23-49)50-24-7-4-8-25-50/h3-45H,1-2H3/i1D3,2D3,9D,12D,16D,17D,19D,20D,27D,31D,32D,33D,35D,36D,37D,38D,39D,40D,42D. The highest BCUT2D eigenvalue weighted by molar-refractivity contribution is 6.15. The van der Waals surface area contributed by atoms with Gasteiger partial charge in [-0.05, 0) is 135 Å². The lowest BCUT2D eigenvalue weighted by atomic mass is 9.67. The highest BCUT2D eigenvalue weighted by atomic mass is 15.1. The summed E-state index contributed by atoms with van der Waals surface area (Å²) in [4.78, 5) is 1.63. The van der Waals surface area contributed by atoms with E-state index in [1.54, 1.807) is 4.90 Å². The Morgan fingerprint density at radius 2 is 1.01 bits per heavy atom. The molecule has 334 valence electrons. The molecule has 0 aliphatic heterocycles. The molecule has 14 rings (SSSR count). The molecule has 0 saturated carbocycles. The highest BCUT2D eigenvalue weighted by Crippen LogP contribution is 2.58. The van der Waals surface area contributed by atoms with E-state index < -0.39 is 183 Å². The molecule has 1 nitrogen and oxygen atoms in total. The Bertz CT molecular complexity index is 5250. The first-order chi connectivity index (χ1) is 44.6. The Labute approximate surface area is 447 Å². The lowest BCUT2D eigenvalue weighted by Crippen LogP contribution is -2.28. The van der Waals surface area contributed by atoms with Crippen LogP contribution in [0.15, 0.2) is 260 Å². The molecule has 1 heteroatoms. The molecule has 0 aromatic heterocycles. The maximum Gasteiger partial charge on any atom is 0.0714 e. The van der Waals surface area contributed by atoms with Gasteiger partial charge in [0.1, 0.15) is 0 Å². The predicted molar refractivity (Wildman–Crippen MR) is 299 cm³/mol. The zero-order valence-electron chi connectivity index (χ0n) is 60.5. The predicted octanol–water partition coefficient (Wildman–Crippen LogP) is 18.6. The fraction of sp³-hybridized carbons (Fsp3) is 0.0571. The quantitative estimate of drug-likeness (QED) is 0.144. The first-order valence-electron chi connectivity index (χ1n) is 34.5. The van der Waals surface area contributed by atoms with Gasteiger partial charge in [0, 0.05) is 30.4 Å². The van der Waals surface area contributed by atoms with Crippen LogP contribution in [-0.4, -0.2) is 0 Å². The normalized spacial score (nSPS) is 18.7. The number of nitrogens with zero attached hydrogens (tertiary/aromatic N) is 1. The van der Waals surface area contributed by atoms with Gasteiger partial charge in [0.2, 0.25) is 0 Å². The molecule has 0 heterocycles. The maximum atomic E-state index is 10.5. The minimum atomic E-state index is -3.88. The second kappa shape index (κ2) is 15.9. The molecule has 0 saturated heterocycles. The Balaban J connectivity index is 1.15. The van der Waals surface area contributed by atoms with Crippen LogP contribution in [0.4, 0.5) is 17.1 Å². The van der Waals surface area contributed by atoms with Crippen molar-refractivity contribution >= 4 is 49.4 Å². The first kappa shape index (κ1) is 24.2. The van der Waals surface area contributed by atoms with Crippen molar-refractivity contribution in [3.8, 4) is 44.5 Å². The lowest BCUT2D eigenvalue weighted by Gasteiger charge is -2.35. The second-order valence-corrected chi connectivity index (χ2v) is 17.7. The SMILES string of the molecule is [2H]c1c([2H])c([2H])c2c(c1[2H])-c1c(-c3c(-c4c([2H])c([2H])c(N(c5ccc6c(c5)C(c5ccccc5)(c5ccccc5)c5ccccc5-6)c5cc6ccccc6c6ccccc56)c([2H])c4[2H])c([2H])c([2H])c4c([2H])c([2H])c([2H])c([2H])c34)c([2H])c([2H])c([2H])c1C2(C([2H])([2H])[2H])C([2H])([2H])[2H]. The molecule has 0 spiro atoms. The number of fused-ring (bicyclic) bond motifs is 10. The third-order valence-corrected chi connectivity index (χ3v) is 14.1. The van der Waals surface area contributed by atoms with Crippen molar-refractivity contribution in [3.05, 3.63) is 294 Å². The summed E-state index contributed by atoms with van der Waals surface area (Å²) in [6, 6.07) is 33.6. The summed E-state index contributed by atoms with van der Waals surface area (Å²) >= 11 is 0. The third kappa shape index (κ3) is 6.06. The van der Waals surface area contributed by atoms with Crippen LogP contribution < -0.4 is 4.90 Å². The van der Waals surface area contributed by atoms with Crippen LogP contribution in [0, 0.1) is 0 Å². The van der Waals surface area contributed by atoms with Crippen molar-refractivity contribution in [1.82, 2.24) is 0 Å². The van der Waals surface area contributed by atoms with Crippen molar-refractivity contribution in [2.24, 2.45) is 0 Å². The van der Waals surface area contributed by atoms with Crippen molar-refractivity contribution in [3.63, 3.8) is 0 Å². The molecule has 0 N–H and O–H groups in total. The number of anilines is 3. The summed E-state index contributed by atoms with van der Waals surface area (Å²) in [7, 11) is 0. The number of hydrogen-bond acceptors (Lipinski definition) is 1. The van der Waals surface area contributed by atoms with Crippen molar-refractivity contribution in [1.29, 1.82) is 0 Å². The van der Waals surface area contributed by atoms with Crippen LogP contribution in [0.5, 0.6) is 0 Å². The van der Waals surface area contributed by atoms with Crippen molar-refractivity contribution in [2.45, 2.75) is 24.5 Å². The summed E-state index contributed by atoms with van der Waals surface area (Å²) in [5.41, 5.74) is -6.15. The summed E-state index contributed by atoms with van der Waals surface area (Å²) in [6.45, 7) is -7.76. The first-order valence-corrected chi connectivity index (χ1v) is 23.0. The van der Waals surface area contributed by atoms with E-state index in [1.165, 1.54) is 0 Å². The molecule has 0 bridgehead atoms. The van der Waals surface area contributed by atoms with Crippen molar-refractivity contribution in [2.75, 3.05) is 4.90 Å². The van der Waals surface area contributed by atoms with E-state index in [-0.39, 0.29) is 5.69 Å². The molecule has 12 aromatic rings. The number of rotatable bonds is 7. The minimum Gasteiger partial charge on any atom is -0.310 e. The Hall–Kier alpha value is -8.78. The van der Waals surface area contributed by atoms with Gasteiger partial charge >= 0.3 is 0 Å². The fourth-order valence-corrected chi connectivity index (χ4v) is 11.1. The molecule has 0 amide bonds. The molecule has 2 aliphatic rings. The van der Waals surface area contributed by atoms with Gasteiger partial charge < -0.3 is 4.90 Å². The van der Waals surface area contributed by atoms with Gasteiger partial charge in [-0.25, -0.2) is 0 Å². The van der Waals surface area contributed by atoms with Gasteiger partial charge in [0.05, 0.1) is 34.4 Å².